The maximum atomic E-state index is 12.3. The second kappa shape index (κ2) is 8.04. The van der Waals surface area contributed by atoms with Gasteiger partial charge < -0.3 is 29.4 Å². The number of rotatable bonds is 6. The summed E-state index contributed by atoms with van der Waals surface area (Å²) in [6.45, 7) is 6.01. The topological polar surface area (TPSA) is 99.5 Å². The molecule has 0 spiro atoms. The number of benzene rings is 1. The van der Waals surface area contributed by atoms with E-state index in [0.29, 0.717) is 17.5 Å². The highest BCUT2D eigenvalue weighted by Gasteiger charge is 2.54. The molecule has 4 atom stereocenters. The summed E-state index contributed by atoms with van der Waals surface area (Å²) in [7, 11) is 0. The van der Waals surface area contributed by atoms with Crippen molar-refractivity contribution in [2.75, 3.05) is 11.9 Å². The van der Waals surface area contributed by atoms with Crippen LogP contribution in [0, 0.1) is 0 Å². The summed E-state index contributed by atoms with van der Waals surface area (Å²) in [6.07, 6.45) is 4.70. The molecule has 3 aromatic rings. The highest BCUT2D eigenvalue weighted by Crippen LogP contribution is 2.45. The van der Waals surface area contributed by atoms with Crippen LogP contribution >= 0.6 is 0 Å². The standard InChI is InChI=1S/C25H29N5O4/c1-14-20-21(34-25(2,3)33-20)24(32-14)30-12-17(15-7-5-4-6-8-15)19-22(27-13-28-23(19)30)26-11-18(31)29-16-9-10-16/h4-8,12-14,16,20-21,24H,9-11H2,1-3H3,(H,29,31)(H,26,27,28)/t14-,20-,21-,24-/m1/s1. The van der Waals surface area contributed by atoms with Crippen LogP contribution < -0.4 is 10.6 Å². The van der Waals surface area contributed by atoms with Gasteiger partial charge in [0, 0.05) is 17.8 Å². The van der Waals surface area contributed by atoms with Gasteiger partial charge in [0.1, 0.15) is 30.0 Å². The molecule has 0 bridgehead atoms. The van der Waals surface area contributed by atoms with Crippen LogP contribution in [0.1, 0.15) is 39.8 Å². The van der Waals surface area contributed by atoms with Crippen LogP contribution in [0.2, 0.25) is 0 Å². The number of amides is 1. The van der Waals surface area contributed by atoms with Gasteiger partial charge in [0.05, 0.1) is 18.0 Å². The lowest BCUT2D eigenvalue weighted by Gasteiger charge is -2.24. The smallest absolute Gasteiger partial charge is 0.239 e. The van der Waals surface area contributed by atoms with E-state index in [2.05, 4.69) is 32.7 Å². The Morgan fingerprint density at radius 1 is 1.15 bits per heavy atom. The Kier molecular flexibility index (Phi) is 5.09. The second-order valence-corrected chi connectivity index (χ2v) is 9.73. The number of hydrogen-bond acceptors (Lipinski definition) is 7. The minimum atomic E-state index is -0.673. The van der Waals surface area contributed by atoms with E-state index >= 15 is 0 Å². The number of hydrogen-bond donors (Lipinski definition) is 2. The van der Waals surface area contributed by atoms with Crippen molar-refractivity contribution in [2.45, 2.75) is 70.0 Å². The molecular formula is C25H29N5O4. The molecule has 0 radical (unpaired) electrons. The molecule has 9 heteroatoms. The van der Waals surface area contributed by atoms with Crippen molar-refractivity contribution >= 4 is 22.8 Å². The van der Waals surface area contributed by atoms with Crippen molar-refractivity contribution in [1.82, 2.24) is 19.9 Å². The molecular weight excluding hydrogens is 434 g/mol. The van der Waals surface area contributed by atoms with Gasteiger partial charge in [0.25, 0.3) is 0 Å². The molecule has 1 saturated carbocycles. The van der Waals surface area contributed by atoms with Crippen LogP contribution in [0.3, 0.4) is 0 Å². The Morgan fingerprint density at radius 3 is 2.68 bits per heavy atom. The Balaban J connectivity index is 1.41. The molecule has 3 fully saturated rings. The molecule has 9 nitrogen and oxygen atoms in total. The predicted molar refractivity (Wildman–Crippen MR) is 126 cm³/mol. The van der Waals surface area contributed by atoms with Gasteiger partial charge in [-0.25, -0.2) is 9.97 Å². The van der Waals surface area contributed by atoms with E-state index in [9.17, 15) is 4.79 Å². The summed E-state index contributed by atoms with van der Waals surface area (Å²) >= 11 is 0. The average Bonchev–Trinajstić information content (AvgIpc) is 3.35. The molecule has 4 heterocycles. The molecule has 1 aliphatic carbocycles. The third-order valence-electron chi connectivity index (χ3n) is 6.59. The van der Waals surface area contributed by atoms with Gasteiger partial charge in [-0.05, 0) is 39.2 Å². The first-order valence-electron chi connectivity index (χ1n) is 11.8. The summed E-state index contributed by atoms with van der Waals surface area (Å²) in [5, 5.41) is 7.07. The zero-order chi connectivity index (χ0) is 23.4. The fraction of sp³-hybridized carbons (Fsp3) is 0.480. The van der Waals surface area contributed by atoms with Gasteiger partial charge in [-0.2, -0.15) is 0 Å². The molecule has 3 aliphatic rings. The van der Waals surface area contributed by atoms with Crippen LogP contribution in [-0.4, -0.2) is 57.1 Å². The molecule has 1 aromatic carbocycles. The SMILES string of the molecule is C[C@H]1O[C@@H](n2cc(-c3ccccc3)c3c(NCC(=O)NC4CC4)ncnc32)[C@@H]2OC(C)(C)O[C@@H]21. The summed E-state index contributed by atoms with van der Waals surface area (Å²) in [4.78, 5) is 21.4. The van der Waals surface area contributed by atoms with Gasteiger partial charge in [0.2, 0.25) is 5.91 Å². The quantitative estimate of drug-likeness (QED) is 0.579. The minimum Gasteiger partial charge on any atom is -0.360 e. The number of fused-ring (bicyclic) bond motifs is 2. The van der Waals surface area contributed by atoms with Gasteiger partial charge in [-0.1, -0.05) is 30.3 Å². The molecule has 0 unspecified atom stereocenters. The highest BCUT2D eigenvalue weighted by molar-refractivity contribution is 6.02. The molecule has 6 rings (SSSR count). The Morgan fingerprint density at radius 2 is 1.91 bits per heavy atom. The van der Waals surface area contributed by atoms with E-state index in [1.54, 1.807) is 0 Å². The number of anilines is 1. The van der Waals surface area contributed by atoms with Crippen LogP contribution in [0.4, 0.5) is 5.82 Å². The van der Waals surface area contributed by atoms with Crippen molar-refractivity contribution in [2.24, 2.45) is 0 Å². The normalized spacial score (nSPS) is 27.6. The molecule has 1 amide bonds. The maximum Gasteiger partial charge on any atom is 0.239 e. The Bertz CT molecular complexity index is 1220. The van der Waals surface area contributed by atoms with Crippen molar-refractivity contribution in [3.8, 4) is 11.1 Å². The lowest BCUT2D eigenvalue weighted by Crippen LogP contribution is -2.31. The van der Waals surface area contributed by atoms with Gasteiger partial charge >= 0.3 is 0 Å². The van der Waals surface area contributed by atoms with Gasteiger partial charge in [-0.15, -0.1) is 0 Å². The van der Waals surface area contributed by atoms with E-state index in [0.717, 1.165) is 29.4 Å². The molecule has 2 aliphatic heterocycles. The molecule has 178 valence electrons. The number of nitrogens with one attached hydrogen (secondary N) is 2. The minimum absolute atomic E-state index is 0.0375. The fourth-order valence-corrected chi connectivity index (χ4v) is 4.92. The summed E-state index contributed by atoms with van der Waals surface area (Å²) in [6, 6.07) is 10.4. The first-order valence-corrected chi connectivity index (χ1v) is 11.8. The number of aromatic nitrogens is 3. The summed E-state index contributed by atoms with van der Waals surface area (Å²) in [5.41, 5.74) is 2.70. The number of ether oxygens (including phenoxy) is 3. The third kappa shape index (κ3) is 3.83. The molecule has 2 aromatic heterocycles. The van der Waals surface area contributed by atoms with Crippen molar-refractivity contribution < 1.29 is 19.0 Å². The maximum absolute atomic E-state index is 12.3. The van der Waals surface area contributed by atoms with Gasteiger partial charge in [0.15, 0.2) is 12.0 Å². The van der Waals surface area contributed by atoms with E-state index in [4.69, 9.17) is 14.2 Å². The lowest BCUT2D eigenvalue weighted by atomic mass is 10.1. The largest absolute Gasteiger partial charge is 0.360 e. The molecule has 34 heavy (non-hydrogen) atoms. The van der Waals surface area contributed by atoms with Crippen LogP contribution in [0.25, 0.3) is 22.2 Å². The Hall–Kier alpha value is -3.01. The van der Waals surface area contributed by atoms with Crippen molar-refractivity contribution in [3.63, 3.8) is 0 Å². The Labute approximate surface area is 197 Å². The van der Waals surface area contributed by atoms with Crippen LogP contribution in [0.5, 0.6) is 0 Å². The second-order valence-electron chi connectivity index (χ2n) is 9.73. The van der Waals surface area contributed by atoms with E-state index in [-0.39, 0.29) is 30.8 Å². The zero-order valence-electron chi connectivity index (χ0n) is 19.5. The monoisotopic (exact) mass is 463 g/mol. The third-order valence-corrected chi connectivity index (χ3v) is 6.59. The van der Waals surface area contributed by atoms with Crippen LogP contribution in [-0.2, 0) is 19.0 Å². The first kappa shape index (κ1) is 21.5. The average molecular weight is 464 g/mol. The predicted octanol–water partition coefficient (Wildman–Crippen LogP) is 3.23. The van der Waals surface area contributed by atoms with E-state index in [1.807, 2.05) is 49.7 Å². The van der Waals surface area contributed by atoms with Crippen molar-refractivity contribution in [3.05, 3.63) is 42.9 Å². The first-order chi connectivity index (χ1) is 16.4. The number of carbonyl (C=O) groups is 1. The number of carbonyl (C=O) groups excluding carboxylic acids is 1. The molecule has 2 N–H and O–H groups in total. The number of nitrogens with zero attached hydrogens (tertiary/aromatic N) is 3. The molecule has 2 saturated heterocycles. The van der Waals surface area contributed by atoms with Crippen molar-refractivity contribution in [1.29, 1.82) is 0 Å². The highest BCUT2D eigenvalue weighted by atomic mass is 16.8. The summed E-state index contributed by atoms with van der Waals surface area (Å²) < 4.78 is 20.7. The van der Waals surface area contributed by atoms with E-state index < -0.39 is 12.0 Å². The zero-order valence-corrected chi connectivity index (χ0v) is 19.5. The summed E-state index contributed by atoms with van der Waals surface area (Å²) in [5.74, 6) is -0.0995. The van der Waals surface area contributed by atoms with Gasteiger partial charge in [-0.3, -0.25) is 4.79 Å². The lowest BCUT2D eigenvalue weighted by molar-refractivity contribution is -0.194. The van der Waals surface area contributed by atoms with Crippen LogP contribution in [0.15, 0.2) is 42.9 Å². The fourth-order valence-electron chi connectivity index (χ4n) is 4.92. The van der Waals surface area contributed by atoms with E-state index in [1.165, 1.54) is 6.33 Å².